The molecule has 2 saturated heterocycles. The lowest BCUT2D eigenvalue weighted by atomic mass is 9.73. The summed E-state index contributed by atoms with van der Waals surface area (Å²) in [5.41, 5.74) is -0.0722. The van der Waals surface area contributed by atoms with Crippen molar-refractivity contribution in [3.63, 3.8) is 0 Å². The van der Waals surface area contributed by atoms with Crippen LogP contribution in [-0.2, 0) is 5.60 Å². The monoisotopic (exact) mass is 250 g/mol. The summed E-state index contributed by atoms with van der Waals surface area (Å²) in [6.07, 6.45) is 6.47. The van der Waals surface area contributed by atoms with E-state index < -0.39 is 11.5 Å². The predicted molar refractivity (Wildman–Crippen MR) is 66.5 cm³/mol. The van der Waals surface area contributed by atoms with E-state index in [9.17, 15) is 9.50 Å². The fourth-order valence-electron chi connectivity index (χ4n) is 3.54. The molecule has 1 aromatic rings. The normalized spacial score (nSPS) is 36.6. The predicted octanol–water partition coefficient (Wildman–Crippen LogP) is 2.05. The molecule has 0 amide bonds. The van der Waals surface area contributed by atoms with Gasteiger partial charge in [-0.3, -0.25) is 0 Å². The van der Waals surface area contributed by atoms with Crippen molar-refractivity contribution in [1.82, 2.24) is 9.88 Å². The fraction of sp³-hybridized carbons (Fsp3) is 0.643. The zero-order valence-corrected chi connectivity index (χ0v) is 10.6. The van der Waals surface area contributed by atoms with Crippen molar-refractivity contribution in [2.75, 3.05) is 7.05 Å². The van der Waals surface area contributed by atoms with Gasteiger partial charge >= 0.3 is 0 Å². The molecule has 2 atom stereocenters. The molecule has 0 aliphatic carbocycles. The number of aliphatic hydroxyl groups is 1. The highest BCUT2D eigenvalue weighted by Gasteiger charge is 2.44. The third-order valence-corrected chi connectivity index (χ3v) is 4.64. The van der Waals surface area contributed by atoms with E-state index in [4.69, 9.17) is 0 Å². The average Bonchev–Trinajstić information content (AvgIpc) is 2.32. The fourth-order valence-corrected chi connectivity index (χ4v) is 3.54. The van der Waals surface area contributed by atoms with Crippen LogP contribution in [-0.4, -0.2) is 34.1 Å². The first-order valence-corrected chi connectivity index (χ1v) is 6.65. The number of nitrogens with zero attached hydrogens (tertiary/aromatic N) is 2. The van der Waals surface area contributed by atoms with Crippen LogP contribution in [0.3, 0.4) is 0 Å². The van der Waals surface area contributed by atoms with Gasteiger partial charge in [-0.25, -0.2) is 4.98 Å². The number of aromatic nitrogens is 1. The number of hydrogen-bond acceptors (Lipinski definition) is 3. The number of pyridine rings is 1. The first-order chi connectivity index (χ1) is 8.58. The van der Waals surface area contributed by atoms with E-state index in [1.54, 1.807) is 6.07 Å². The van der Waals surface area contributed by atoms with Crippen LogP contribution in [0.15, 0.2) is 18.3 Å². The van der Waals surface area contributed by atoms with Crippen molar-refractivity contribution >= 4 is 0 Å². The molecule has 2 bridgehead atoms. The summed E-state index contributed by atoms with van der Waals surface area (Å²) < 4.78 is 12.9. The first kappa shape index (κ1) is 12.1. The van der Waals surface area contributed by atoms with Crippen LogP contribution in [0.25, 0.3) is 0 Å². The van der Waals surface area contributed by atoms with Crippen molar-refractivity contribution in [2.24, 2.45) is 0 Å². The van der Waals surface area contributed by atoms with Gasteiger partial charge in [0.2, 0.25) is 5.95 Å². The molecule has 18 heavy (non-hydrogen) atoms. The zero-order chi connectivity index (χ0) is 12.8. The smallest absolute Gasteiger partial charge is 0.212 e. The minimum absolute atomic E-state index is 0.438. The van der Waals surface area contributed by atoms with Crippen molar-refractivity contribution in [3.05, 3.63) is 29.8 Å². The molecule has 3 rings (SSSR count). The lowest BCUT2D eigenvalue weighted by Crippen LogP contribution is -2.55. The summed E-state index contributed by atoms with van der Waals surface area (Å²) in [7, 11) is 2.15. The van der Waals surface area contributed by atoms with Crippen LogP contribution < -0.4 is 0 Å². The minimum Gasteiger partial charge on any atom is -0.385 e. The van der Waals surface area contributed by atoms with Gasteiger partial charge in [0, 0.05) is 23.8 Å². The molecule has 2 aliphatic rings. The Hall–Kier alpha value is -1.00. The van der Waals surface area contributed by atoms with E-state index >= 15 is 0 Å². The van der Waals surface area contributed by atoms with E-state index in [1.165, 1.54) is 18.7 Å². The quantitative estimate of drug-likeness (QED) is 0.775. The van der Waals surface area contributed by atoms with Crippen LogP contribution in [0.5, 0.6) is 0 Å². The Morgan fingerprint density at radius 1 is 1.33 bits per heavy atom. The number of fused-ring (bicyclic) bond motifs is 2. The van der Waals surface area contributed by atoms with E-state index in [0.717, 1.165) is 31.2 Å². The summed E-state index contributed by atoms with van der Waals surface area (Å²) in [5, 5.41) is 10.9. The third-order valence-electron chi connectivity index (χ3n) is 4.64. The standard InChI is InChI=1S/C14H19FN2O/c1-17-11-3-2-4-12(17)8-14(18,7-11)10-5-6-13(15)16-9-10/h5-6,9,11-12,18H,2-4,7-8H2,1H3. The molecule has 1 aromatic heterocycles. The number of halogens is 1. The van der Waals surface area contributed by atoms with Crippen molar-refractivity contribution < 1.29 is 9.50 Å². The highest BCUT2D eigenvalue weighted by atomic mass is 19.1. The van der Waals surface area contributed by atoms with Crippen LogP contribution in [0, 0.1) is 5.95 Å². The van der Waals surface area contributed by atoms with Crippen molar-refractivity contribution in [1.29, 1.82) is 0 Å². The van der Waals surface area contributed by atoms with Gasteiger partial charge in [0.15, 0.2) is 0 Å². The molecule has 2 unspecified atom stereocenters. The second-order valence-electron chi connectivity index (χ2n) is 5.71. The summed E-state index contributed by atoms with van der Waals surface area (Å²) in [5.74, 6) is -0.490. The van der Waals surface area contributed by atoms with Crippen LogP contribution in [0.2, 0.25) is 0 Å². The molecule has 3 heterocycles. The molecule has 0 radical (unpaired) electrons. The number of rotatable bonds is 1. The molecular weight excluding hydrogens is 231 g/mol. The Labute approximate surface area is 107 Å². The first-order valence-electron chi connectivity index (χ1n) is 6.65. The second kappa shape index (κ2) is 4.28. The summed E-state index contributed by atoms with van der Waals surface area (Å²) >= 11 is 0. The van der Waals surface area contributed by atoms with E-state index in [2.05, 4.69) is 16.9 Å². The summed E-state index contributed by atoms with van der Waals surface area (Å²) in [6.45, 7) is 0. The van der Waals surface area contributed by atoms with Gasteiger partial charge in [0.1, 0.15) is 0 Å². The lowest BCUT2D eigenvalue weighted by Gasteiger charge is -2.50. The molecule has 2 aliphatic heterocycles. The van der Waals surface area contributed by atoms with Crippen LogP contribution in [0.4, 0.5) is 4.39 Å². The summed E-state index contributed by atoms with van der Waals surface area (Å²) in [4.78, 5) is 6.07. The third kappa shape index (κ3) is 1.93. The molecule has 3 nitrogen and oxygen atoms in total. The van der Waals surface area contributed by atoms with Gasteiger partial charge in [0.05, 0.1) is 5.60 Å². The van der Waals surface area contributed by atoms with Gasteiger partial charge in [-0.1, -0.05) is 12.5 Å². The van der Waals surface area contributed by atoms with Crippen molar-refractivity contribution in [2.45, 2.75) is 49.8 Å². The molecular formula is C14H19FN2O. The number of piperidine rings is 2. The van der Waals surface area contributed by atoms with Gasteiger partial charge in [-0.15, -0.1) is 0 Å². The molecule has 4 heteroatoms. The van der Waals surface area contributed by atoms with Gasteiger partial charge < -0.3 is 10.0 Å². The topological polar surface area (TPSA) is 36.4 Å². The van der Waals surface area contributed by atoms with Crippen molar-refractivity contribution in [3.8, 4) is 0 Å². The second-order valence-corrected chi connectivity index (χ2v) is 5.71. The molecule has 0 spiro atoms. The molecule has 2 fully saturated rings. The van der Waals surface area contributed by atoms with E-state index in [-0.39, 0.29) is 0 Å². The number of hydrogen-bond donors (Lipinski definition) is 1. The molecule has 1 N–H and O–H groups in total. The van der Waals surface area contributed by atoms with Crippen LogP contribution >= 0.6 is 0 Å². The van der Waals surface area contributed by atoms with Gasteiger partial charge in [0.25, 0.3) is 0 Å². The minimum atomic E-state index is -0.830. The Kier molecular flexibility index (Phi) is 2.87. The SMILES string of the molecule is CN1C2CCCC1CC(O)(c1ccc(F)nc1)C2. The Bertz CT molecular complexity index is 420. The Morgan fingerprint density at radius 3 is 2.56 bits per heavy atom. The molecule has 0 aromatic carbocycles. The Morgan fingerprint density at radius 2 is 2.00 bits per heavy atom. The maximum Gasteiger partial charge on any atom is 0.212 e. The Balaban J connectivity index is 1.89. The highest BCUT2D eigenvalue weighted by Crippen LogP contribution is 2.43. The lowest BCUT2D eigenvalue weighted by molar-refractivity contribution is -0.0876. The zero-order valence-electron chi connectivity index (χ0n) is 10.6. The highest BCUT2D eigenvalue weighted by molar-refractivity contribution is 5.21. The maximum atomic E-state index is 12.9. The van der Waals surface area contributed by atoms with Gasteiger partial charge in [-0.2, -0.15) is 4.39 Å². The van der Waals surface area contributed by atoms with Crippen LogP contribution in [0.1, 0.15) is 37.7 Å². The largest absolute Gasteiger partial charge is 0.385 e. The average molecular weight is 250 g/mol. The van der Waals surface area contributed by atoms with Gasteiger partial charge in [-0.05, 0) is 38.8 Å². The molecule has 98 valence electrons. The maximum absolute atomic E-state index is 12.9. The summed E-state index contributed by atoms with van der Waals surface area (Å²) in [6, 6.07) is 3.88. The van der Waals surface area contributed by atoms with E-state index in [0.29, 0.717) is 12.1 Å². The van der Waals surface area contributed by atoms with E-state index in [1.807, 2.05) is 0 Å². The molecule has 0 saturated carbocycles.